The van der Waals surface area contributed by atoms with E-state index in [9.17, 15) is 4.79 Å². The van der Waals surface area contributed by atoms with Gasteiger partial charge in [-0.1, -0.05) is 12.1 Å². The van der Waals surface area contributed by atoms with Crippen molar-refractivity contribution >= 4 is 5.97 Å². The monoisotopic (exact) mass is 144 g/mol. The number of carboxylic acids is 1. The largest absolute Gasteiger partial charge is 0.507 e. The van der Waals surface area contributed by atoms with E-state index in [2.05, 4.69) is 10.2 Å². The van der Waals surface area contributed by atoms with E-state index >= 15 is 0 Å². The van der Waals surface area contributed by atoms with E-state index in [4.69, 9.17) is 8.35 Å². The molecule has 0 amide bonds. The van der Waals surface area contributed by atoms with E-state index in [1.54, 1.807) is 0 Å². The third-order valence-corrected chi connectivity index (χ3v) is 0.857. The Balaban J connectivity index is 3.64. The normalized spacial score (nSPS) is 16.8. The van der Waals surface area contributed by atoms with Gasteiger partial charge in [-0.3, -0.25) is 0 Å². The minimum Gasteiger partial charge on any atom is -0.507 e. The maximum Gasteiger partial charge on any atom is 0.339 e. The summed E-state index contributed by atoms with van der Waals surface area (Å²) in [6.45, 7) is 0. The van der Waals surface area contributed by atoms with E-state index in [1.807, 2.05) is 0 Å². The van der Waals surface area contributed by atoms with Gasteiger partial charge in [-0.15, -0.1) is 0 Å². The van der Waals surface area contributed by atoms with Gasteiger partial charge >= 0.3 is 5.97 Å². The highest BCUT2D eigenvalue weighted by molar-refractivity contribution is 5.90. The summed E-state index contributed by atoms with van der Waals surface area (Å²) in [6.07, 6.45) is 0. The molecule has 0 aliphatic rings. The van der Waals surface area contributed by atoms with Gasteiger partial charge in [-0.25, -0.2) is 4.79 Å². The number of carboxylic acid groups (broad SMARTS) is 1. The number of phenols is 1. The molecule has 10 heavy (non-hydrogen) atoms. The Kier molecular flexibility index (Phi) is 0.542. The molecule has 0 bridgehead atoms. The second-order valence-electron chi connectivity index (χ2n) is 1.49. The standard InChI is InChI=1S/C7H6O3/c8-6-4-2-1-3-5(6)7(9)10/h1-4,8H,(H,9,10)/i1D,2D,3D,4D/hD2. The van der Waals surface area contributed by atoms with E-state index in [0.717, 1.165) is 0 Å². The molecule has 0 unspecified atom stereocenters. The number of para-hydroxylation sites is 1. The molecule has 0 fully saturated rings. The highest BCUT2D eigenvalue weighted by Crippen LogP contribution is 2.14. The summed E-state index contributed by atoms with van der Waals surface area (Å²) in [7, 11) is 0. The maximum atomic E-state index is 11.1. The summed E-state index contributed by atoms with van der Waals surface area (Å²) in [4.78, 5) is 11.1. The van der Waals surface area contributed by atoms with Crippen molar-refractivity contribution in [2.45, 2.75) is 0 Å². The number of hydrogen-bond acceptors (Lipinski definition) is 3. The molecule has 0 heterocycles. The van der Waals surface area contributed by atoms with Crippen molar-refractivity contribution in [2.24, 2.45) is 0 Å². The van der Waals surface area contributed by atoms with Crippen LogP contribution in [-0.2, 0) is 0 Å². The van der Waals surface area contributed by atoms with Crippen molar-refractivity contribution in [2.75, 3.05) is 0 Å². The van der Waals surface area contributed by atoms with Crippen LogP contribution >= 0.6 is 0 Å². The van der Waals surface area contributed by atoms with Crippen LogP contribution < -0.4 is 0 Å². The molecule has 2 N–H and O–H groups in total. The summed E-state index contributed by atoms with van der Waals surface area (Å²) in [5, 5.41) is 7.58. The summed E-state index contributed by atoms with van der Waals surface area (Å²) in [5.74, 6) is -1.97. The number of hydrogen-bond donors (Lipinski definition) is 2. The highest BCUT2D eigenvalue weighted by Gasteiger charge is 2.05. The molecule has 0 aromatic heterocycles. The molecule has 0 radical (unpaired) electrons. The number of rotatable bonds is 2. The fourth-order valence-electron chi connectivity index (χ4n) is 0.445. The van der Waals surface area contributed by atoms with Crippen molar-refractivity contribution in [3.8, 4) is 5.75 Å². The lowest BCUT2D eigenvalue weighted by Crippen LogP contribution is -1.95. The smallest absolute Gasteiger partial charge is 0.339 e. The Bertz CT molecular complexity index is 446. The van der Waals surface area contributed by atoms with Crippen LogP contribution in [0.15, 0.2) is 24.2 Å². The molecule has 1 rings (SSSR count). The summed E-state index contributed by atoms with van der Waals surface area (Å²) in [6, 6.07) is -2.67. The fourth-order valence-corrected chi connectivity index (χ4v) is 0.445. The SMILES string of the molecule is [2H]OC(=O)c1c([2H])c([2H])c([2H])c([2H])c1O[2H]. The number of benzene rings is 1. The maximum absolute atomic E-state index is 11.1. The van der Waals surface area contributed by atoms with E-state index in [1.165, 1.54) is 0 Å². The minimum atomic E-state index is -1.31. The predicted molar refractivity (Wildman–Crippen MR) is 35.1 cm³/mol. The zero-order valence-electron chi connectivity index (χ0n) is 10.7. The summed E-state index contributed by atoms with van der Waals surface area (Å²) in [5.41, 5.74) is -0.670. The number of aromatic carboxylic acids is 1. The van der Waals surface area contributed by atoms with Gasteiger partial charge in [0, 0.05) is 0 Å². The molecule has 1 aromatic rings. The zero-order valence-corrected chi connectivity index (χ0v) is 4.72. The van der Waals surface area contributed by atoms with Crippen molar-refractivity contribution < 1.29 is 20.5 Å². The van der Waals surface area contributed by atoms with Gasteiger partial charge < -0.3 is 10.2 Å². The van der Waals surface area contributed by atoms with Gasteiger partial charge in [-0.05, 0) is 12.1 Å². The van der Waals surface area contributed by atoms with Crippen molar-refractivity contribution in [3.63, 3.8) is 0 Å². The van der Waals surface area contributed by atoms with Crippen molar-refractivity contribution in [1.82, 2.24) is 0 Å². The van der Waals surface area contributed by atoms with E-state index in [0.29, 0.717) is 0 Å². The van der Waals surface area contributed by atoms with Crippen LogP contribution in [0.25, 0.3) is 1.43 Å². The Hall–Kier alpha value is -1.51. The summed E-state index contributed by atoms with van der Waals surface area (Å²) >= 11 is 0. The molecule has 3 nitrogen and oxygen atoms in total. The fraction of sp³-hybridized carbons (Fsp3) is 0. The van der Waals surface area contributed by atoms with Gasteiger partial charge in [0.1, 0.15) is 11.3 Å². The Labute approximate surface area is 66.1 Å². The van der Waals surface area contributed by atoms with Crippen LogP contribution in [0.4, 0.5) is 0 Å². The van der Waals surface area contributed by atoms with Gasteiger partial charge in [0.15, 0.2) is 0 Å². The Morgan fingerprint density at radius 2 is 2.40 bits per heavy atom. The van der Waals surface area contributed by atoms with Crippen LogP contribution in [0.2, 0.25) is 0 Å². The third kappa shape index (κ3) is 1.07. The first kappa shape index (κ1) is 2.27. The first-order valence-corrected chi connectivity index (χ1v) is 2.36. The van der Waals surface area contributed by atoms with Gasteiger partial charge in [0.2, 0.25) is 0 Å². The van der Waals surface area contributed by atoms with Crippen LogP contribution in [0.5, 0.6) is 5.75 Å². The molecule has 0 aliphatic carbocycles. The van der Waals surface area contributed by atoms with E-state index < -0.39 is 41.5 Å². The lowest BCUT2D eigenvalue weighted by Gasteiger charge is -1.95. The molecule has 0 atom stereocenters. The molecule has 0 saturated carbocycles. The minimum absolute atomic E-state index is 0.631. The van der Waals surface area contributed by atoms with Crippen molar-refractivity contribution in [3.05, 3.63) is 29.7 Å². The second-order valence-corrected chi connectivity index (χ2v) is 1.49. The van der Waals surface area contributed by atoms with Crippen LogP contribution in [0, 0.1) is 0 Å². The quantitative estimate of drug-likeness (QED) is 0.653. The summed E-state index contributed by atoms with van der Waals surface area (Å²) < 4.78 is 42.3. The predicted octanol–water partition coefficient (Wildman–Crippen LogP) is 1.09. The Morgan fingerprint density at radius 3 is 3.10 bits per heavy atom. The average molecular weight is 144 g/mol. The Morgan fingerprint density at radius 1 is 1.60 bits per heavy atom. The highest BCUT2D eigenvalue weighted by atomic mass is 16.4. The molecular weight excluding hydrogens is 132 g/mol. The molecule has 52 valence electrons. The third-order valence-electron chi connectivity index (χ3n) is 0.857. The molecule has 0 spiro atoms. The van der Waals surface area contributed by atoms with Crippen molar-refractivity contribution in [1.29, 1.82) is 2.86 Å². The van der Waals surface area contributed by atoms with E-state index in [-0.39, 0.29) is 0 Å². The molecule has 1 aromatic carbocycles. The number of carbonyl (C=O) groups is 1. The molecule has 3 heteroatoms. The molecule has 0 saturated heterocycles. The first-order valence-electron chi connectivity index (χ1n) is 5.18. The van der Waals surface area contributed by atoms with Crippen LogP contribution in [0.1, 0.15) is 15.8 Å². The van der Waals surface area contributed by atoms with Crippen LogP contribution in [0.3, 0.4) is 0 Å². The lowest BCUT2D eigenvalue weighted by molar-refractivity contribution is 0.0694. The lowest BCUT2D eigenvalue weighted by atomic mass is 10.2. The molecule has 0 aliphatic heterocycles. The molecular formula is C7H6O3. The van der Waals surface area contributed by atoms with Gasteiger partial charge in [-0.2, -0.15) is 0 Å². The van der Waals surface area contributed by atoms with Gasteiger partial charge in [0.05, 0.1) is 5.48 Å². The van der Waals surface area contributed by atoms with Gasteiger partial charge in [0.25, 0.3) is 2.86 Å². The topological polar surface area (TPSA) is 57.5 Å². The zero-order chi connectivity index (χ0) is 12.5. The number of aromatic hydroxyl groups is 1. The average Bonchev–Trinajstić information content (AvgIpc) is 2.29. The first-order chi connectivity index (χ1) is 7.45. The van der Waals surface area contributed by atoms with Crippen LogP contribution in [-0.4, -0.2) is 17.6 Å². The second kappa shape index (κ2) is 2.39.